The van der Waals surface area contributed by atoms with Gasteiger partial charge in [-0.15, -0.1) is 0 Å². The molecule has 2 aromatic carbocycles. The van der Waals surface area contributed by atoms with Crippen LogP contribution in [0.4, 0.5) is 5.69 Å². The molecule has 0 aliphatic heterocycles. The van der Waals surface area contributed by atoms with Crippen LogP contribution in [-0.4, -0.2) is 50.0 Å². The summed E-state index contributed by atoms with van der Waals surface area (Å²) in [6, 6.07) is 9.36. The highest BCUT2D eigenvalue weighted by Gasteiger charge is 2.31. The van der Waals surface area contributed by atoms with E-state index in [0.29, 0.717) is 21.3 Å². The summed E-state index contributed by atoms with van der Waals surface area (Å²) in [5.74, 6) is -0.849. The van der Waals surface area contributed by atoms with E-state index in [1.807, 2.05) is 26.8 Å². The fourth-order valence-electron chi connectivity index (χ4n) is 3.56. The van der Waals surface area contributed by atoms with Crippen LogP contribution in [0.2, 0.25) is 10.0 Å². The number of sulfonamides is 1. The molecule has 0 radical (unpaired) electrons. The Labute approximate surface area is 218 Å². The first-order valence-corrected chi connectivity index (χ1v) is 13.9. The summed E-state index contributed by atoms with van der Waals surface area (Å²) in [6.07, 6.45) is 1.79. The van der Waals surface area contributed by atoms with Crippen LogP contribution in [0.3, 0.4) is 0 Å². The number of anilines is 1. The third-order valence-electron chi connectivity index (χ3n) is 5.81. The number of benzene rings is 2. The standard InChI is InChI=1S/C25H33Cl2N3O4S/c1-7-18(4)28-25(32)19(5)29(14-20-9-10-21(26)22(27)13-20)24(31)15-30(35(6,33)34)23-11-8-16(2)12-17(23)3/h8-13,18-19H,7,14-15H2,1-6H3,(H,28,32). The molecule has 0 fully saturated rings. The number of hydrogen-bond acceptors (Lipinski definition) is 4. The molecule has 192 valence electrons. The van der Waals surface area contributed by atoms with E-state index in [-0.39, 0.29) is 18.5 Å². The van der Waals surface area contributed by atoms with Crippen molar-refractivity contribution in [1.82, 2.24) is 10.2 Å². The Morgan fingerprint density at radius 2 is 1.69 bits per heavy atom. The van der Waals surface area contributed by atoms with Gasteiger partial charge in [0.05, 0.1) is 22.0 Å². The van der Waals surface area contributed by atoms with Crippen molar-refractivity contribution >= 4 is 50.7 Å². The van der Waals surface area contributed by atoms with Crippen molar-refractivity contribution in [2.24, 2.45) is 0 Å². The van der Waals surface area contributed by atoms with Gasteiger partial charge in [-0.3, -0.25) is 13.9 Å². The van der Waals surface area contributed by atoms with E-state index in [9.17, 15) is 18.0 Å². The van der Waals surface area contributed by atoms with Gasteiger partial charge in [-0.2, -0.15) is 0 Å². The molecule has 0 spiro atoms. The van der Waals surface area contributed by atoms with Crippen LogP contribution in [0.5, 0.6) is 0 Å². The topological polar surface area (TPSA) is 86.8 Å². The second kappa shape index (κ2) is 12.1. The maximum absolute atomic E-state index is 13.6. The smallest absolute Gasteiger partial charge is 0.244 e. The van der Waals surface area contributed by atoms with Gasteiger partial charge in [0.25, 0.3) is 0 Å². The van der Waals surface area contributed by atoms with E-state index in [1.54, 1.807) is 44.2 Å². The maximum atomic E-state index is 13.6. The summed E-state index contributed by atoms with van der Waals surface area (Å²) in [7, 11) is -3.79. The minimum Gasteiger partial charge on any atom is -0.352 e. The number of amides is 2. The molecule has 7 nitrogen and oxygen atoms in total. The van der Waals surface area contributed by atoms with Gasteiger partial charge in [-0.25, -0.2) is 8.42 Å². The fourth-order valence-corrected chi connectivity index (χ4v) is 4.79. The monoisotopic (exact) mass is 541 g/mol. The fraction of sp³-hybridized carbons (Fsp3) is 0.440. The third-order valence-corrected chi connectivity index (χ3v) is 7.67. The third kappa shape index (κ3) is 7.85. The minimum atomic E-state index is -3.79. The van der Waals surface area contributed by atoms with Crippen LogP contribution in [0, 0.1) is 13.8 Å². The molecule has 2 rings (SSSR count). The summed E-state index contributed by atoms with van der Waals surface area (Å²) in [6.45, 7) is 8.74. The molecule has 0 saturated heterocycles. The van der Waals surface area contributed by atoms with Crippen molar-refractivity contribution in [2.45, 2.75) is 59.7 Å². The molecule has 0 bridgehead atoms. The lowest BCUT2D eigenvalue weighted by Crippen LogP contribution is -2.52. The second-order valence-electron chi connectivity index (χ2n) is 8.82. The first kappa shape index (κ1) is 28.9. The zero-order valence-corrected chi connectivity index (χ0v) is 23.3. The lowest BCUT2D eigenvalue weighted by Gasteiger charge is -2.32. The van der Waals surface area contributed by atoms with Crippen molar-refractivity contribution in [3.8, 4) is 0 Å². The number of nitrogens with zero attached hydrogens (tertiary/aromatic N) is 2. The van der Waals surface area contributed by atoms with Crippen molar-refractivity contribution < 1.29 is 18.0 Å². The quantitative estimate of drug-likeness (QED) is 0.471. The summed E-state index contributed by atoms with van der Waals surface area (Å²) < 4.78 is 26.5. The molecule has 35 heavy (non-hydrogen) atoms. The summed E-state index contributed by atoms with van der Waals surface area (Å²) in [4.78, 5) is 27.9. The van der Waals surface area contributed by atoms with Gasteiger partial charge in [-0.1, -0.05) is 53.9 Å². The molecule has 0 aromatic heterocycles. The van der Waals surface area contributed by atoms with E-state index in [0.717, 1.165) is 28.1 Å². The molecule has 2 aromatic rings. The van der Waals surface area contributed by atoms with Gasteiger partial charge in [0.15, 0.2) is 0 Å². The first-order valence-electron chi connectivity index (χ1n) is 11.3. The number of carbonyl (C=O) groups excluding carboxylic acids is 2. The Kier molecular flexibility index (Phi) is 10.0. The molecule has 10 heteroatoms. The van der Waals surface area contributed by atoms with Crippen LogP contribution in [0.1, 0.15) is 43.9 Å². The summed E-state index contributed by atoms with van der Waals surface area (Å²) >= 11 is 12.2. The number of halogens is 2. The lowest BCUT2D eigenvalue weighted by atomic mass is 10.1. The normalized spacial score (nSPS) is 13.1. The molecule has 0 saturated carbocycles. The van der Waals surface area contributed by atoms with E-state index in [4.69, 9.17) is 23.2 Å². The molecule has 0 heterocycles. The van der Waals surface area contributed by atoms with E-state index in [1.165, 1.54) is 4.90 Å². The molecule has 1 N–H and O–H groups in total. The molecular formula is C25H33Cl2N3O4S. The van der Waals surface area contributed by atoms with E-state index >= 15 is 0 Å². The van der Waals surface area contributed by atoms with Crippen LogP contribution < -0.4 is 9.62 Å². The highest BCUT2D eigenvalue weighted by atomic mass is 35.5. The summed E-state index contributed by atoms with van der Waals surface area (Å²) in [5.41, 5.74) is 2.77. The number of aryl methyl sites for hydroxylation is 2. The van der Waals surface area contributed by atoms with Crippen LogP contribution in [0.25, 0.3) is 0 Å². The number of hydrogen-bond donors (Lipinski definition) is 1. The zero-order chi connectivity index (χ0) is 26.5. The average molecular weight is 543 g/mol. The minimum absolute atomic E-state index is 0.0509. The van der Waals surface area contributed by atoms with Gasteiger partial charge < -0.3 is 10.2 Å². The van der Waals surface area contributed by atoms with Gasteiger partial charge in [0.1, 0.15) is 12.6 Å². The largest absolute Gasteiger partial charge is 0.352 e. The Balaban J connectivity index is 2.44. The second-order valence-corrected chi connectivity index (χ2v) is 11.5. The SMILES string of the molecule is CCC(C)NC(=O)C(C)N(Cc1ccc(Cl)c(Cl)c1)C(=O)CN(c1ccc(C)cc1C)S(C)(=O)=O. The number of rotatable bonds is 10. The number of carbonyl (C=O) groups is 2. The molecule has 2 atom stereocenters. The maximum Gasteiger partial charge on any atom is 0.244 e. The Morgan fingerprint density at radius 3 is 2.23 bits per heavy atom. The molecule has 2 amide bonds. The molecular weight excluding hydrogens is 509 g/mol. The Hall–Kier alpha value is -2.29. The Bertz CT molecular complexity index is 1190. The average Bonchev–Trinajstić information content (AvgIpc) is 2.77. The van der Waals surface area contributed by atoms with Crippen molar-refractivity contribution in [3.05, 3.63) is 63.1 Å². The highest BCUT2D eigenvalue weighted by molar-refractivity contribution is 7.92. The highest BCUT2D eigenvalue weighted by Crippen LogP contribution is 2.26. The van der Waals surface area contributed by atoms with Crippen molar-refractivity contribution in [3.63, 3.8) is 0 Å². The van der Waals surface area contributed by atoms with Gasteiger partial charge >= 0.3 is 0 Å². The van der Waals surface area contributed by atoms with Crippen LogP contribution in [0.15, 0.2) is 36.4 Å². The first-order chi connectivity index (χ1) is 16.2. The van der Waals surface area contributed by atoms with Gasteiger partial charge in [0.2, 0.25) is 21.8 Å². The molecule has 0 aliphatic rings. The zero-order valence-electron chi connectivity index (χ0n) is 20.9. The predicted molar refractivity (Wildman–Crippen MR) is 142 cm³/mol. The predicted octanol–water partition coefficient (Wildman–Crippen LogP) is 4.71. The molecule has 2 unspecified atom stereocenters. The van der Waals surface area contributed by atoms with Crippen LogP contribution >= 0.6 is 23.2 Å². The Morgan fingerprint density at radius 1 is 1.03 bits per heavy atom. The number of nitrogens with one attached hydrogen (secondary N) is 1. The van der Waals surface area contributed by atoms with Crippen LogP contribution in [-0.2, 0) is 26.2 Å². The van der Waals surface area contributed by atoms with Crippen molar-refractivity contribution in [1.29, 1.82) is 0 Å². The van der Waals surface area contributed by atoms with Gasteiger partial charge in [0, 0.05) is 12.6 Å². The molecule has 0 aliphatic carbocycles. The van der Waals surface area contributed by atoms with E-state index in [2.05, 4.69) is 5.32 Å². The van der Waals surface area contributed by atoms with Gasteiger partial charge in [-0.05, 0) is 63.4 Å². The van der Waals surface area contributed by atoms with Crippen molar-refractivity contribution in [2.75, 3.05) is 17.1 Å². The summed E-state index contributed by atoms with van der Waals surface area (Å²) in [5, 5.41) is 3.58. The lowest BCUT2D eigenvalue weighted by molar-refractivity contribution is -0.139. The van der Waals surface area contributed by atoms with E-state index < -0.39 is 28.5 Å².